The van der Waals surface area contributed by atoms with Crippen LogP contribution in [-0.4, -0.2) is 4.98 Å². The van der Waals surface area contributed by atoms with Gasteiger partial charge in [-0.1, -0.05) is 39.2 Å². The van der Waals surface area contributed by atoms with Crippen molar-refractivity contribution in [1.82, 2.24) is 4.98 Å². The Kier molecular flexibility index (Phi) is 2.85. The van der Waals surface area contributed by atoms with Crippen LogP contribution in [0, 0.1) is 5.92 Å². The lowest BCUT2D eigenvalue weighted by Crippen LogP contribution is -2.15. The first-order chi connectivity index (χ1) is 6.77. The van der Waals surface area contributed by atoms with Crippen LogP contribution in [0.5, 0.6) is 0 Å². The summed E-state index contributed by atoms with van der Waals surface area (Å²) in [4.78, 5) is 4.52. The van der Waals surface area contributed by atoms with Gasteiger partial charge in [-0.25, -0.2) is 0 Å². The highest BCUT2D eigenvalue weighted by molar-refractivity contribution is 5.23. The fourth-order valence-electron chi connectivity index (χ4n) is 2.12. The number of hydrogen-bond donors (Lipinski definition) is 0. The molecule has 1 heterocycles. The zero-order valence-electron chi connectivity index (χ0n) is 9.16. The molecule has 1 fully saturated rings. The molecule has 1 aromatic heterocycles. The van der Waals surface area contributed by atoms with Gasteiger partial charge in [0.15, 0.2) is 0 Å². The van der Waals surface area contributed by atoms with E-state index in [-0.39, 0.29) is 0 Å². The Labute approximate surface area is 86.6 Å². The number of pyridine rings is 1. The molecule has 0 aromatic carbocycles. The summed E-state index contributed by atoms with van der Waals surface area (Å²) in [5.74, 6) is 1.53. The first kappa shape index (κ1) is 9.70. The van der Waals surface area contributed by atoms with Crippen molar-refractivity contribution in [3.8, 4) is 0 Å². The van der Waals surface area contributed by atoms with Crippen molar-refractivity contribution in [3.05, 3.63) is 29.6 Å². The average Bonchev–Trinajstić information content (AvgIpc) is 2.12. The van der Waals surface area contributed by atoms with Crippen LogP contribution in [0.25, 0.3) is 0 Å². The van der Waals surface area contributed by atoms with E-state index in [0.717, 1.165) is 5.92 Å². The first-order valence-electron chi connectivity index (χ1n) is 5.71. The first-order valence-corrected chi connectivity index (χ1v) is 5.71. The van der Waals surface area contributed by atoms with Gasteiger partial charge >= 0.3 is 0 Å². The van der Waals surface area contributed by atoms with Gasteiger partial charge in [-0.2, -0.15) is 0 Å². The van der Waals surface area contributed by atoms with Crippen molar-refractivity contribution < 1.29 is 0 Å². The zero-order chi connectivity index (χ0) is 9.97. The molecule has 0 atom stereocenters. The molecule has 0 N–H and O–H groups in total. The molecule has 0 amide bonds. The van der Waals surface area contributed by atoms with Gasteiger partial charge in [-0.15, -0.1) is 0 Å². The SMILES string of the molecule is CC(C)c1cccnc1CC1CCC1. The van der Waals surface area contributed by atoms with Crippen LogP contribution in [0.4, 0.5) is 0 Å². The second kappa shape index (κ2) is 4.12. The van der Waals surface area contributed by atoms with E-state index in [2.05, 4.69) is 31.0 Å². The topological polar surface area (TPSA) is 12.9 Å². The monoisotopic (exact) mass is 189 g/mol. The molecule has 0 saturated heterocycles. The predicted octanol–water partition coefficient (Wildman–Crippen LogP) is 3.55. The standard InChI is InChI=1S/C13H19N/c1-10(2)12-7-4-8-14-13(12)9-11-5-3-6-11/h4,7-8,10-11H,3,5-6,9H2,1-2H3. The Balaban J connectivity index is 2.13. The van der Waals surface area contributed by atoms with Gasteiger partial charge in [0.1, 0.15) is 0 Å². The second-order valence-electron chi connectivity index (χ2n) is 4.70. The maximum atomic E-state index is 4.52. The Bertz CT molecular complexity index is 300. The molecular formula is C13H19N. The fraction of sp³-hybridized carbons (Fsp3) is 0.615. The van der Waals surface area contributed by atoms with E-state index in [9.17, 15) is 0 Å². The minimum atomic E-state index is 0.610. The van der Waals surface area contributed by atoms with Gasteiger partial charge in [0.2, 0.25) is 0 Å². The van der Waals surface area contributed by atoms with Gasteiger partial charge in [-0.3, -0.25) is 4.98 Å². The van der Waals surface area contributed by atoms with Crippen LogP contribution in [-0.2, 0) is 6.42 Å². The summed E-state index contributed by atoms with van der Waals surface area (Å²) < 4.78 is 0. The van der Waals surface area contributed by atoms with E-state index in [1.54, 1.807) is 0 Å². The summed E-state index contributed by atoms with van der Waals surface area (Å²) in [6.07, 6.45) is 7.38. The van der Waals surface area contributed by atoms with Crippen molar-refractivity contribution in [2.75, 3.05) is 0 Å². The van der Waals surface area contributed by atoms with Crippen LogP contribution < -0.4 is 0 Å². The van der Waals surface area contributed by atoms with Crippen molar-refractivity contribution in [2.45, 2.75) is 45.4 Å². The van der Waals surface area contributed by atoms with E-state index < -0.39 is 0 Å². The lowest BCUT2D eigenvalue weighted by molar-refractivity contribution is 0.311. The molecule has 1 saturated carbocycles. The molecule has 0 bridgehead atoms. The van der Waals surface area contributed by atoms with E-state index in [1.165, 1.54) is 36.9 Å². The largest absolute Gasteiger partial charge is 0.261 e. The normalized spacial score (nSPS) is 17.1. The molecule has 0 radical (unpaired) electrons. The molecule has 0 aliphatic heterocycles. The molecule has 1 nitrogen and oxygen atoms in total. The van der Waals surface area contributed by atoms with Gasteiger partial charge in [0.05, 0.1) is 0 Å². The lowest BCUT2D eigenvalue weighted by Gasteiger charge is -2.26. The van der Waals surface area contributed by atoms with Crippen LogP contribution in [0.2, 0.25) is 0 Å². The Morgan fingerprint density at radius 1 is 1.43 bits per heavy atom. The maximum Gasteiger partial charge on any atom is 0.0440 e. The Morgan fingerprint density at radius 3 is 2.79 bits per heavy atom. The van der Waals surface area contributed by atoms with Crippen LogP contribution >= 0.6 is 0 Å². The summed E-state index contributed by atoms with van der Waals surface area (Å²) in [5.41, 5.74) is 2.78. The van der Waals surface area contributed by atoms with E-state index in [0.29, 0.717) is 5.92 Å². The molecule has 76 valence electrons. The minimum absolute atomic E-state index is 0.610. The van der Waals surface area contributed by atoms with E-state index in [4.69, 9.17) is 0 Å². The second-order valence-corrected chi connectivity index (χ2v) is 4.70. The van der Waals surface area contributed by atoms with Crippen LogP contribution in [0.15, 0.2) is 18.3 Å². The summed E-state index contributed by atoms with van der Waals surface area (Å²) in [6.45, 7) is 4.50. The Morgan fingerprint density at radius 2 is 2.21 bits per heavy atom. The molecule has 1 aliphatic rings. The molecule has 1 aliphatic carbocycles. The van der Waals surface area contributed by atoms with Gasteiger partial charge < -0.3 is 0 Å². The highest BCUT2D eigenvalue weighted by Gasteiger charge is 2.20. The van der Waals surface area contributed by atoms with Crippen LogP contribution in [0.1, 0.15) is 50.3 Å². The summed E-state index contributed by atoms with van der Waals surface area (Å²) in [5, 5.41) is 0. The third kappa shape index (κ3) is 1.97. The maximum absolute atomic E-state index is 4.52. The predicted molar refractivity (Wildman–Crippen MR) is 59.4 cm³/mol. The van der Waals surface area contributed by atoms with Gasteiger partial charge in [0, 0.05) is 11.9 Å². The highest BCUT2D eigenvalue weighted by Crippen LogP contribution is 2.31. The van der Waals surface area contributed by atoms with Gasteiger partial charge in [0.25, 0.3) is 0 Å². The van der Waals surface area contributed by atoms with E-state index in [1.807, 2.05) is 6.20 Å². The quantitative estimate of drug-likeness (QED) is 0.708. The van der Waals surface area contributed by atoms with Crippen molar-refractivity contribution in [2.24, 2.45) is 5.92 Å². The third-order valence-corrected chi connectivity index (χ3v) is 3.25. The molecule has 0 spiro atoms. The number of aromatic nitrogens is 1. The number of hydrogen-bond acceptors (Lipinski definition) is 1. The summed E-state index contributed by atoms with van der Waals surface area (Å²) in [7, 11) is 0. The fourth-order valence-corrected chi connectivity index (χ4v) is 2.12. The molecule has 1 aromatic rings. The van der Waals surface area contributed by atoms with E-state index >= 15 is 0 Å². The Hall–Kier alpha value is -0.850. The van der Waals surface area contributed by atoms with Gasteiger partial charge in [-0.05, 0) is 29.9 Å². The number of rotatable bonds is 3. The van der Waals surface area contributed by atoms with Crippen molar-refractivity contribution >= 4 is 0 Å². The lowest BCUT2D eigenvalue weighted by atomic mass is 9.80. The molecular weight excluding hydrogens is 170 g/mol. The summed E-state index contributed by atoms with van der Waals surface area (Å²) >= 11 is 0. The van der Waals surface area contributed by atoms with Crippen molar-refractivity contribution in [3.63, 3.8) is 0 Å². The third-order valence-electron chi connectivity index (χ3n) is 3.25. The summed E-state index contributed by atoms with van der Waals surface area (Å²) in [6, 6.07) is 4.28. The van der Waals surface area contributed by atoms with Crippen molar-refractivity contribution in [1.29, 1.82) is 0 Å². The number of nitrogens with zero attached hydrogens (tertiary/aromatic N) is 1. The zero-order valence-corrected chi connectivity index (χ0v) is 9.16. The molecule has 14 heavy (non-hydrogen) atoms. The van der Waals surface area contributed by atoms with Crippen LogP contribution in [0.3, 0.4) is 0 Å². The minimum Gasteiger partial charge on any atom is -0.261 e. The molecule has 1 heteroatoms. The smallest absolute Gasteiger partial charge is 0.0440 e. The molecule has 2 rings (SSSR count). The molecule has 0 unspecified atom stereocenters. The average molecular weight is 189 g/mol. The highest BCUT2D eigenvalue weighted by atomic mass is 14.7.